The van der Waals surface area contributed by atoms with Crippen LogP contribution in [0.15, 0.2) is 30.3 Å². The van der Waals surface area contributed by atoms with Crippen molar-refractivity contribution in [2.75, 3.05) is 7.11 Å². The molecule has 0 atom stereocenters. The first-order valence-corrected chi connectivity index (χ1v) is 7.23. The normalized spacial score (nSPS) is 11.1. The van der Waals surface area contributed by atoms with Crippen LogP contribution in [0.2, 0.25) is 15.1 Å². The summed E-state index contributed by atoms with van der Waals surface area (Å²) in [7, 11) is 1.42. The van der Waals surface area contributed by atoms with Crippen molar-refractivity contribution in [3.63, 3.8) is 0 Å². The molecule has 0 saturated carbocycles. The zero-order valence-electron chi connectivity index (χ0n) is 11.4. The summed E-state index contributed by atoms with van der Waals surface area (Å²) >= 11 is 17.8. The smallest absolute Gasteiger partial charge is 0.176 e. The number of halogens is 3. The third-order valence-electron chi connectivity index (χ3n) is 2.93. The number of allylic oxidation sites excluding steroid dienone is 1. The number of methoxy groups -OCH3 is 1. The van der Waals surface area contributed by atoms with E-state index in [1.54, 1.807) is 30.3 Å². The fourth-order valence-electron chi connectivity index (χ4n) is 1.84. The molecule has 0 radical (unpaired) electrons. The van der Waals surface area contributed by atoms with Crippen molar-refractivity contribution >= 4 is 46.5 Å². The molecule has 0 aliphatic rings. The summed E-state index contributed by atoms with van der Waals surface area (Å²) in [5.74, 6) is 0.0829. The topological polar surface area (TPSA) is 53.2 Å². The molecule has 112 valence electrons. The first-order chi connectivity index (χ1) is 10.5. The third kappa shape index (κ3) is 3.48. The van der Waals surface area contributed by atoms with Gasteiger partial charge in [0.25, 0.3) is 0 Å². The maximum absolute atomic E-state index is 9.72. The molecule has 0 spiro atoms. The highest BCUT2D eigenvalue weighted by atomic mass is 35.5. The summed E-state index contributed by atoms with van der Waals surface area (Å²) in [5, 5.41) is 20.0. The first-order valence-electron chi connectivity index (χ1n) is 6.10. The first kappa shape index (κ1) is 16.5. The summed E-state index contributed by atoms with van der Waals surface area (Å²) in [6, 6.07) is 10.1. The van der Waals surface area contributed by atoms with Gasteiger partial charge in [-0.1, -0.05) is 40.9 Å². The van der Waals surface area contributed by atoms with Crippen LogP contribution in [0.4, 0.5) is 0 Å². The van der Waals surface area contributed by atoms with E-state index < -0.39 is 0 Å². The van der Waals surface area contributed by atoms with Gasteiger partial charge >= 0.3 is 0 Å². The number of benzene rings is 2. The maximum atomic E-state index is 9.72. The van der Waals surface area contributed by atoms with Gasteiger partial charge in [-0.3, -0.25) is 0 Å². The van der Waals surface area contributed by atoms with Gasteiger partial charge in [0.2, 0.25) is 0 Å². The standard InChI is InChI=1S/C16H10Cl3NO2/c1-22-15-6-9(5-14(19)16(15)21)4-11(8-20)10-2-3-12(17)13(18)7-10/h2-7,21H,1H3/b11-4-. The SMILES string of the molecule is COc1cc(/C=C(/C#N)c2ccc(Cl)c(Cl)c2)cc(Cl)c1O. The van der Waals surface area contributed by atoms with Crippen molar-refractivity contribution in [2.24, 2.45) is 0 Å². The molecule has 0 unspecified atom stereocenters. The van der Waals surface area contributed by atoms with Gasteiger partial charge in [0.15, 0.2) is 11.5 Å². The average Bonchev–Trinajstić information content (AvgIpc) is 2.51. The molecular formula is C16H10Cl3NO2. The van der Waals surface area contributed by atoms with Crippen LogP contribution < -0.4 is 4.74 Å². The highest BCUT2D eigenvalue weighted by molar-refractivity contribution is 6.42. The maximum Gasteiger partial charge on any atom is 0.176 e. The average molecular weight is 355 g/mol. The second-order valence-corrected chi connectivity index (χ2v) is 5.57. The molecule has 2 aromatic carbocycles. The van der Waals surface area contributed by atoms with Gasteiger partial charge in [-0.25, -0.2) is 0 Å². The largest absolute Gasteiger partial charge is 0.503 e. The van der Waals surface area contributed by atoms with E-state index in [1.165, 1.54) is 13.2 Å². The van der Waals surface area contributed by atoms with Crippen molar-refractivity contribution in [1.82, 2.24) is 0 Å². The highest BCUT2D eigenvalue weighted by Gasteiger charge is 2.10. The highest BCUT2D eigenvalue weighted by Crippen LogP contribution is 2.36. The van der Waals surface area contributed by atoms with E-state index in [2.05, 4.69) is 6.07 Å². The number of hydrogen-bond acceptors (Lipinski definition) is 3. The lowest BCUT2D eigenvalue weighted by atomic mass is 10.0. The summed E-state index contributed by atoms with van der Waals surface area (Å²) in [6.07, 6.45) is 1.62. The van der Waals surface area contributed by atoms with Gasteiger partial charge in [0.05, 0.1) is 33.8 Å². The van der Waals surface area contributed by atoms with Crippen LogP contribution >= 0.6 is 34.8 Å². The molecule has 1 N–H and O–H groups in total. The Hall–Kier alpha value is -1.86. The Bertz CT molecular complexity index is 795. The molecule has 2 rings (SSSR count). The van der Waals surface area contributed by atoms with Gasteiger partial charge in [-0.15, -0.1) is 0 Å². The third-order valence-corrected chi connectivity index (χ3v) is 3.96. The number of nitrogens with zero attached hydrogens (tertiary/aromatic N) is 1. The molecule has 0 aliphatic heterocycles. The number of ether oxygens (including phenoxy) is 1. The Morgan fingerprint density at radius 3 is 2.45 bits per heavy atom. The summed E-state index contributed by atoms with van der Waals surface area (Å²) < 4.78 is 5.04. The lowest BCUT2D eigenvalue weighted by molar-refractivity contribution is 0.373. The quantitative estimate of drug-likeness (QED) is 0.591. The summed E-state index contributed by atoms with van der Waals surface area (Å²) in [6.45, 7) is 0. The number of rotatable bonds is 3. The van der Waals surface area contributed by atoms with Crippen molar-refractivity contribution < 1.29 is 9.84 Å². The molecule has 0 amide bonds. The van der Waals surface area contributed by atoms with E-state index in [0.29, 0.717) is 26.7 Å². The van der Waals surface area contributed by atoms with Gasteiger partial charge in [0, 0.05) is 0 Å². The van der Waals surface area contributed by atoms with Crippen molar-refractivity contribution in [3.05, 3.63) is 56.5 Å². The number of hydrogen-bond donors (Lipinski definition) is 1. The Morgan fingerprint density at radius 2 is 1.86 bits per heavy atom. The van der Waals surface area contributed by atoms with Crippen LogP contribution in [0, 0.1) is 11.3 Å². The summed E-state index contributed by atoms with van der Waals surface area (Å²) in [5.41, 5.74) is 1.62. The predicted molar refractivity (Wildman–Crippen MR) is 89.6 cm³/mol. The summed E-state index contributed by atoms with van der Waals surface area (Å²) in [4.78, 5) is 0. The van der Waals surface area contributed by atoms with Crippen LogP contribution in [-0.4, -0.2) is 12.2 Å². The minimum atomic E-state index is -0.144. The number of aromatic hydroxyl groups is 1. The molecule has 0 aromatic heterocycles. The van der Waals surface area contributed by atoms with Crippen LogP contribution in [-0.2, 0) is 0 Å². The fraction of sp³-hybridized carbons (Fsp3) is 0.0625. The van der Waals surface area contributed by atoms with Gasteiger partial charge in [-0.2, -0.15) is 5.26 Å². The molecule has 0 bridgehead atoms. The fourth-order valence-corrected chi connectivity index (χ4v) is 2.36. The van der Waals surface area contributed by atoms with Gasteiger partial charge < -0.3 is 9.84 Å². The molecule has 0 fully saturated rings. The Morgan fingerprint density at radius 1 is 1.14 bits per heavy atom. The van der Waals surface area contributed by atoms with E-state index in [1.807, 2.05) is 0 Å². The predicted octanol–water partition coefficient (Wildman–Crippen LogP) is 5.43. The molecule has 3 nitrogen and oxygen atoms in total. The lowest BCUT2D eigenvalue weighted by Crippen LogP contribution is -1.87. The van der Waals surface area contributed by atoms with Crippen molar-refractivity contribution in [1.29, 1.82) is 5.26 Å². The monoisotopic (exact) mass is 353 g/mol. The lowest BCUT2D eigenvalue weighted by Gasteiger charge is -2.07. The minimum absolute atomic E-state index is 0.136. The van der Waals surface area contributed by atoms with E-state index in [9.17, 15) is 10.4 Å². The molecule has 2 aromatic rings. The van der Waals surface area contributed by atoms with Crippen LogP contribution in [0.5, 0.6) is 11.5 Å². The van der Waals surface area contributed by atoms with Crippen molar-refractivity contribution in [2.45, 2.75) is 0 Å². The van der Waals surface area contributed by atoms with Crippen LogP contribution in [0.3, 0.4) is 0 Å². The number of phenols is 1. The molecular weight excluding hydrogens is 345 g/mol. The van der Waals surface area contributed by atoms with Crippen LogP contribution in [0.25, 0.3) is 11.6 Å². The van der Waals surface area contributed by atoms with Gasteiger partial charge in [-0.05, 0) is 41.5 Å². The van der Waals surface area contributed by atoms with Crippen LogP contribution in [0.1, 0.15) is 11.1 Å². The molecule has 0 aliphatic carbocycles. The molecule has 0 saturated heterocycles. The zero-order chi connectivity index (χ0) is 16.3. The van der Waals surface area contributed by atoms with Gasteiger partial charge in [0.1, 0.15) is 0 Å². The van der Waals surface area contributed by atoms with E-state index in [4.69, 9.17) is 39.5 Å². The Balaban J connectivity index is 2.52. The Labute approximate surface area is 142 Å². The second-order valence-electron chi connectivity index (χ2n) is 4.35. The molecule has 6 heteroatoms. The van der Waals surface area contributed by atoms with E-state index in [0.717, 1.165) is 0 Å². The number of nitriles is 1. The van der Waals surface area contributed by atoms with E-state index >= 15 is 0 Å². The Kier molecular flexibility index (Phi) is 5.20. The molecule has 0 heterocycles. The zero-order valence-corrected chi connectivity index (χ0v) is 13.7. The number of phenolic OH excluding ortho intramolecular Hbond substituents is 1. The molecule has 22 heavy (non-hydrogen) atoms. The van der Waals surface area contributed by atoms with Crippen molar-refractivity contribution in [3.8, 4) is 17.6 Å². The second kappa shape index (κ2) is 6.93. The minimum Gasteiger partial charge on any atom is -0.503 e. The van der Waals surface area contributed by atoms with E-state index in [-0.39, 0.29) is 16.5 Å².